The Labute approximate surface area is 214 Å². The highest BCUT2D eigenvalue weighted by molar-refractivity contribution is 5.83. The second-order valence-corrected chi connectivity index (χ2v) is 11.3. The van der Waals surface area contributed by atoms with Crippen LogP contribution < -0.4 is 0 Å². The first-order chi connectivity index (χ1) is 17.2. The maximum atomic E-state index is 5.25. The summed E-state index contributed by atoms with van der Waals surface area (Å²) in [6, 6.07) is 31.3. The third-order valence-electron chi connectivity index (χ3n) is 6.46. The lowest BCUT2D eigenvalue weighted by Crippen LogP contribution is -2.24. The molecule has 182 valence electrons. The Hall–Kier alpha value is -3.92. The molecule has 0 spiro atoms. The first-order valence-corrected chi connectivity index (χ1v) is 12.5. The molecule has 0 aliphatic carbocycles. The SMILES string of the molecule is CC(C)(C)c1cnn(-c2c(-c3ccccc3)nn(-c3ccccc3)c2-c2ccccc2)c1C(C)(C)C. The van der Waals surface area contributed by atoms with Crippen molar-refractivity contribution in [2.45, 2.75) is 52.4 Å². The highest BCUT2D eigenvalue weighted by Crippen LogP contribution is 2.41. The second-order valence-electron chi connectivity index (χ2n) is 11.3. The van der Waals surface area contributed by atoms with Gasteiger partial charge in [0.25, 0.3) is 0 Å². The monoisotopic (exact) mass is 474 g/mol. The molecule has 0 amide bonds. The van der Waals surface area contributed by atoms with Crippen molar-refractivity contribution in [3.63, 3.8) is 0 Å². The molecule has 5 rings (SSSR count). The Morgan fingerprint density at radius 3 is 1.64 bits per heavy atom. The molecule has 0 bridgehead atoms. The van der Waals surface area contributed by atoms with Gasteiger partial charge in [-0.2, -0.15) is 10.2 Å². The van der Waals surface area contributed by atoms with Crippen LogP contribution in [0.1, 0.15) is 52.8 Å². The smallest absolute Gasteiger partial charge is 0.119 e. The van der Waals surface area contributed by atoms with E-state index in [1.54, 1.807) is 0 Å². The second kappa shape index (κ2) is 8.94. The quantitative estimate of drug-likeness (QED) is 0.265. The van der Waals surface area contributed by atoms with Crippen LogP contribution in [0.3, 0.4) is 0 Å². The molecule has 0 aliphatic rings. The van der Waals surface area contributed by atoms with Gasteiger partial charge in [0.2, 0.25) is 0 Å². The number of para-hydroxylation sites is 1. The van der Waals surface area contributed by atoms with Crippen molar-refractivity contribution in [3.8, 4) is 33.9 Å². The zero-order valence-corrected chi connectivity index (χ0v) is 22.0. The minimum absolute atomic E-state index is 0.0455. The van der Waals surface area contributed by atoms with E-state index in [9.17, 15) is 0 Å². The van der Waals surface area contributed by atoms with E-state index in [4.69, 9.17) is 10.2 Å². The Bertz CT molecular complexity index is 1460. The van der Waals surface area contributed by atoms with Gasteiger partial charge in [-0.05, 0) is 23.1 Å². The standard InChI is InChI=1S/C32H34N4/c1-31(2,3)26-22-33-36(30(26)32(4,5)6)29-27(23-16-10-7-11-17-23)34-35(25-20-14-9-15-21-25)28(29)24-18-12-8-13-19-24/h7-22H,1-6H3. The van der Waals surface area contributed by atoms with E-state index in [0.29, 0.717) is 0 Å². The van der Waals surface area contributed by atoms with Crippen LogP contribution in [-0.4, -0.2) is 19.6 Å². The summed E-state index contributed by atoms with van der Waals surface area (Å²) in [5, 5.41) is 10.3. The molecule has 5 aromatic rings. The molecular formula is C32H34N4. The lowest BCUT2D eigenvalue weighted by Gasteiger charge is -2.28. The zero-order valence-electron chi connectivity index (χ0n) is 22.0. The third-order valence-corrected chi connectivity index (χ3v) is 6.46. The molecule has 0 unspecified atom stereocenters. The van der Waals surface area contributed by atoms with Crippen LogP contribution in [0, 0.1) is 0 Å². The van der Waals surface area contributed by atoms with E-state index in [1.807, 2.05) is 18.3 Å². The van der Waals surface area contributed by atoms with Gasteiger partial charge in [-0.25, -0.2) is 9.36 Å². The van der Waals surface area contributed by atoms with Gasteiger partial charge in [-0.1, -0.05) is 120 Å². The molecule has 0 fully saturated rings. The highest BCUT2D eigenvalue weighted by atomic mass is 15.4. The van der Waals surface area contributed by atoms with Crippen molar-refractivity contribution in [3.05, 3.63) is 108 Å². The Morgan fingerprint density at radius 2 is 1.11 bits per heavy atom. The molecular weight excluding hydrogens is 440 g/mol. The topological polar surface area (TPSA) is 35.6 Å². The fraction of sp³-hybridized carbons (Fsp3) is 0.250. The maximum absolute atomic E-state index is 5.25. The Kier molecular flexibility index (Phi) is 5.91. The van der Waals surface area contributed by atoms with Crippen molar-refractivity contribution in [2.24, 2.45) is 0 Å². The van der Waals surface area contributed by atoms with E-state index < -0.39 is 0 Å². The summed E-state index contributed by atoms with van der Waals surface area (Å²) in [4.78, 5) is 0. The predicted molar refractivity (Wildman–Crippen MR) is 149 cm³/mol. The molecule has 0 N–H and O–H groups in total. The van der Waals surface area contributed by atoms with Crippen LogP contribution in [0.2, 0.25) is 0 Å². The summed E-state index contributed by atoms with van der Waals surface area (Å²) < 4.78 is 4.22. The average Bonchev–Trinajstić information content (AvgIpc) is 3.48. The fourth-order valence-corrected chi connectivity index (χ4v) is 4.80. The van der Waals surface area contributed by atoms with Crippen LogP contribution in [-0.2, 0) is 10.8 Å². The first-order valence-electron chi connectivity index (χ1n) is 12.5. The van der Waals surface area contributed by atoms with Gasteiger partial charge in [0.15, 0.2) is 0 Å². The van der Waals surface area contributed by atoms with E-state index in [-0.39, 0.29) is 10.8 Å². The van der Waals surface area contributed by atoms with Gasteiger partial charge < -0.3 is 0 Å². The third kappa shape index (κ3) is 4.28. The number of hydrogen-bond donors (Lipinski definition) is 0. The lowest BCUT2D eigenvalue weighted by atomic mass is 9.79. The van der Waals surface area contributed by atoms with Crippen LogP contribution in [0.5, 0.6) is 0 Å². The van der Waals surface area contributed by atoms with Crippen LogP contribution in [0.25, 0.3) is 33.9 Å². The first kappa shape index (κ1) is 23.8. The van der Waals surface area contributed by atoms with Crippen molar-refractivity contribution >= 4 is 0 Å². The number of rotatable bonds is 4. The maximum Gasteiger partial charge on any atom is 0.119 e. The number of benzene rings is 3. The molecule has 2 heterocycles. The van der Waals surface area contributed by atoms with Crippen LogP contribution >= 0.6 is 0 Å². The zero-order chi connectivity index (χ0) is 25.5. The molecule has 4 nitrogen and oxygen atoms in total. The van der Waals surface area contributed by atoms with Gasteiger partial charge in [-0.15, -0.1) is 0 Å². The van der Waals surface area contributed by atoms with Crippen molar-refractivity contribution in [1.82, 2.24) is 19.6 Å². The van der Waals surface area contributed by atoms with Crippen molar-refractivity contribution < 1.29 is 0 Å². The summed E-state index contributed by atoms with van der Waals surface area (Å²) in [6.07, 6.45) is 2.05. The summed E-state index contributed by atoms with van der Waals surface area (Å²) in [6.45, 7) is 13.6. The molecule has 4 heteroatoms. The predicted octanol–water partition coefficient (Wildman–Crippen LogP) is 7.99. The largest absolute Gasteiger partial charge is 0.232 e. The van der Waals surface area contributed by atoms with Crippen molar-refractivity contribution in [2.75, 3.05) is 0 Å². The summed E-state index contributed by atoms with van der Waals surface area (Å²) >= 11 is 0. The minimum atomic E-state index is -0.129. The average molecular weight is 475 g/mol. The highest BCUT2D eigenvalue weighted by Gasteiger charge is 2.33. The fourth-order valence-electron chi connectivity index (χ4n) is 4.80. The molecule has 0 atom stereocenters. The summed E-state index contributed by atoms with van der Waals surface area (Å²) in [7, 11) is 0. The number of aromatic nitrogens is 4. The van der Waals surface area contributed by atoms with Gasteiger partial charge in [-0.3, -0.25) is 0 Å². The Morgan fingerprint density at radius 1 is 0.583 bits per heavy atom. The summed E-state index contributed by atoms with van der Waals surface area (Å²) in [5.41, 5.74) is 8.38. The molecule has 36 heavy (non-hydrogen) atoms. The summed E-state index contributed by atoms with van der Waals surface area (Å²) in [5.74, 6) is 0. The molecule has 0 saturated carbocycles. The van der Waals surface area contributed by atoms with Gasteiger partial charge in [0.1, 0.15) is 17.1 Å². The Balaban J connectivity index is 1.95. The number of hydrogen-bond acceptors (Lipinski definition) is 2. The molecule has 0 saturated heterocycles. The van der Waals surface area contributed by atoms with E-state index in [2.05, 4.69) is 130 Å². The van der Waals surface area contributed by atoms with Gasteiger partial charge in [0, 0.05) is 16.5 Å². The van der Waals surface area contributed by atoms with Crippen molar-refractivity contribution in [1.29, 1.82) is 0 Å². The number of nitrogens with zero attached hydrogens (tertiary/aromatic N) is 4. The van der Waals surface area contributed by atoms with Gasteiger partial charge >= 0.3 is 0 Å². The molecule has 0 aliphatic heterocycles. The molecule has 2 aromatic heterocycles. The minimum Gasteiger partial charge on any atom is -0.232 e. The van der Waals surface area contributed by atoms with E-state index >= 15 is 0 Å². The molecule has 0 radical (unpaired) electrons. The lowest BCUT2D eigenvalue weighted by molar-refractivity contribution is 0.506. The van der Waals surface area contributed by atoms with Crippen LogP contribution in [0.15, 0.2) is 97.2 Å². The van der Waals surface area contributed by atoms with Gasteiger partial charge in [0.05, 0.1) is 17.6 Å². The normalized spacial score (nSPS) is 12.2. The van der Waals surface area contributed by atoms with Crippen LogP contribution in [0.4, 0.5) is 0 Å². The molecule has 3 aromatic carbocycles. The van der Waals surface area contributed by atoms with E-state index in [1.165, 1.54) is 11.3 Å². The van der Waals surface area contributed by atoms with E-state index in [0.717, 1.165) is 33.9 Å².